The minimum absolute atomic E-state index is 0.0722. The van der Waals surface area contributed by atoms with E-state index in [1.54, 1.807) is 0 Å². The highest BCUT2D eigenvalue weighted by Crippen LogP contribution is 1.99. The van der Waals surface area contributed by atoms with Crippen molar-refractivity contribution in [3.8, 4) is 0 Å². The molecule has 0 heterocycles. The highest BCUT2D eigenvalue weighted by Gasteiger charge is 2.15. The van der Waals surface area contributed by atoms with Crippen molar-refractivity contribution in [1.82, 2.24) is 5.32 Å². The second-order valence-electron chi connectivity index (χ2n) is 3.63. The average molecular weight is 232 g/mol. The quantitative estimate of drug-likeness (QED) is 0.378. The number of hydrogen-bond donors (Lipinski definition) is 4. The Morgan fingerprint density at radius 1 is 1.25 bits per heavy atom. The molecule has 0 aliphatic rings. The molecule has 0 aromatic carbocycles. The average Bonchev–Trinajstić information content (AvgIpc) is 2.21. The smallest absolute Gasteiger partial charge is 0.303 e. The number of aliphatic hydroxyl groups excluding tert-OH is 1. The van der Waals surface area contributed by atoms with E-state index in [-0.39, 0.29) is 19.4 Å². The lowest BCUT2D eigenvalue weighted by Gasteiger charge is -2.13. The molecule has 1 atom stereocenters. The number of nitrogens with two attached hydrogens (primary N) is 1. The number of amides is 1. The minimum atomic E-state index is -0.937. The number of aliphatic hydroxyl groups is 1. The molecule has 16 heavy (non-hydrogen) atoms. The number of hydrogen-bond acceptors (Lipinski definition) is 4. The molecule has 0 spiro atoms. The lowest BCUT2D eigenvalue weighted by molar-refractivity contribution is -0.137. The van der Waals surface area contributed by atoms with Crippen molar-refractivity contribution in [2.24, 2.45) is 5.73 Å². The van der Waals surface area contributed by atoms with Gasteiger partial charge in [0.25, 0.3) is 0 Å². The first kappa shape index (κ1) is 14.9. The maximum Gasteiger partial charge on any atom is 0.303 e. The van der Waals surface area contributed by atoms with Gasteiger partial charge < -0.3 is 21.3 Å². The summed E-state index contributed by atoms with van der Waals surface area (Å²) < 4.78 is 0. The van der Waals surface area contributed by atoms with E-state index in [9.17, 15) is 9.59 Å². The Bertz CT molecular complexity index is 221. The van der Waals surface area contributed by atoms with Gasteiger partial charge in [-0.25, -0.2) is 0 Å². The molecule has 6 nitrogen and oxygen atoms in total. The van der Waals surface area contributed by atoms with Gasteiger partial charge in [0.1, 0.15) is 0 Å². The minimum Gasteiger partial charge on any atom is -0.481 e. The molecule has 0 saturated carbocycles. The van der Waals surface area contributed by atoms with Crippen LogP contribution in [-0.2, 0) is 9.59 Å². The highest BCUT2D eigenvalue weighted by molar-refractivity contribution is 5.80. The van der Waals surface area contributed by atoms with Crippen LogP contribution < -0.4 is 11.1 Å². The zero-order chi connectivity index (χ0) is 12.4. The van der Waals surface area contributed by atoms with Crippen molar-refractivity contribution in [3.63, 3.8) is 0 Å². The van der Waals surface area contributed by atoms with Crippen LogP contribution in [0.25, 0.3) is 0 Å². The molecule has 0 radical (unpaired) electrons. The van der Waals surface area contributed by atoms with Crippen molar-refractivity contribution in [2.45, 2.75) is 38.1 Å². The lowest BCUT2D eigenvalue weighted by Crippen LogP contribution is -2.42. The molecule has 94 valence electrons. The van der Waals surface area contributed by atoms with E-state index < -0.39 is 17.9 Å². The summed E-state index contributed by atoms with van der Waals surface area (Å²) in [4.78, 5) is 21.3. The Balaban J connectivity index is 3.68. The Labute approximate surface area is 94.8 Å². The van der Waals surface area contributed by atoms with Crippen molar-refractivity contribution >= 4 is 11.9 Å². The molecule has 5 N–H and O–H groups in total. The molecule has 0 unspecified atom stereocenters. The number of aliphatic carboxylic acids is 1. The van der Waals surface area contributed by atoms with Crippen LogP contribution in [0.15, 0.2) is 0 Å². The van der Waals surface area contributed by atoms with Crippen molar-refractivity contribution in [1.29, 1.82) is 0 Å². The summed E-state index contributed by atoms with van der Waals surface area (Å²) in [5.41, 5.74) is 5.13. The fraction of sp³-hybridized carbons (Fsp3) is 0.800. The Hall–Kier alpha value is -1.14. The second-order valence-corrected chi connectivity index (χ2v) is 3.63. The van der Waals surface area contributed by atoms with Crippen LogP contribution in [0.1, 0.15) is 32.1 Å². The van der Waals surface area contributed by atoms with E-state index >= 15 is 0 Å². The zero-order valence-corrected chi connectivity index (χ0v) is 9.32. The number of carboxylic acids is 1. The van der Waals surface area contributed by atoms with Crippen molar-refractivity contribution < 1.29 is 19.8 Å². The van der Waals surface area contributed by atoms with Crippen LogP contribution in [0, 0.1) is 0 Å². The zero-order valence-electron chi connectivity index (χ0n) is 9.32. The maximum atomic E-state index is 11.0. The second kappa shape index (κ2) is 9.11. The largest absolute Gasteiger partial charge is 0.481 e. The normalized spacial score (nSPS) is 12.3. The van der Waals surface area contributed by atoms with E-state index in [1.807, 2.05) is 0 Å². The van der Waals surface area contributed by atoms with Crippen LogP contribution in [0.4, 0.5) is 0 Å². The van der Waals surface area contributed by atoms with Gasteiger partial charge in [-0.1, -0.05) is 0 Å². The van der Waals surface area contributed by atoms with E-state index in [0.717, 1.165) is 19.3 Å². The fourth-order valence-corrected chi connectivity index (χ4v) is 1.30. The maximum absolute atomic E-state index is 11.0. The summed E-state index contributed by atoms with van der Waals surface area (Å²) in [6.45, 7) is 0.769. The molecular weight excluding hydrogens is 212 g/mol. The SMILES string of the molecule is NC(=O)[C@H](CCC(=O)O)NCCCCCO. The van der Waals surface area contributed by atoms with Crippen LogP contribution in [0.3, 0.4) is 0 Å². The summed E-state index contributed by atoms with van der Waals surface area (Å²) in [6.07, 6.45) is 2.57. The Morgan fingerprint density at radius 3 is 2.44 bits per heavy atom. The summed E-state index contributed by atoms with van der Waals surface area (Å²) in [5, 5.41) is 19.9. The summed E-state index contributed by atoms with van der Waals surface area (Å²) >= 11 is 0. The molecule has 0 aromatic heterocycles. The number of carboxylic acid groups (broad SMARTS) is 1. The van der Waals surface area contributed by atoms with Gasteiger partial charge in [0.2, 0.25) is 5.91 Å². The van der Waals surface area contributed by atoms with Crippen LogP contribution in [-0.4, -0.2) is 41.3 Å². The highest BCUT2D eigenvalue weighted by atomic mass is 16.4. The summed E-state index contributed by atoms with van der Waals surface area (Å²) in [7, 11) is 0. The monoisotopic (exact) mass is 232 g/mol. The Kier molecular flexibility index (Phi) is 8.46. The molecule has 0 aliphatic heterocycles. The van der Waals surface area contributed by atoms with E-state index in [1.165, 1.54) is 0 Å². The number of carbonyl (C=O) groups is 2. The third kappa shape index (κ3) is 8.19. The van der Waals surface area contributed by atoms with Gasteiger partial charge in [-0.2, -0.15) is 0 Å². The van der Waals surface area contributed by atoms with E-state index in [2.05, 4.69) is 5.32 Å². The van der Waals surface area contributed by atoms with Gasteiger partial charge in [-0.15, -0.1) is 0 Å². The van der Waals surface area contributed by atoms with Crippen LogP contribution >= 0.6 is 0 Å². The van der Waals surface area contributed by atoms with Gasteiger partial charge in [0, 0.05) is 13.0 Å². The van der Waals surface area contributed by atoms with E-state index in [0.29, 0.717) is 6.54 Å². The predicted molar refractivity (Wildman–Crippen MR) is 58.8 cm³/mol. The van der Waals surface area contributed by atoms with Gasteiger partial charge in [0.05, 0.1) is 6.04 Å². The Morgan fingerprint density at radius 2 is 1.94 bits per heavy atom. The summed E-state index contributed by atoms with van der Waals surface area (Å²) in [6, 6.07) is -0.578. The molecule has 0 aromatic rings. The standard InChI is InChI=1S/C10H20N2O4/c11-10(16)8(4-5-9(14)15)12-6-2-1-3-7-13/h8,12-13H,1-7H2,(H2,11,16)(H,14,15)/t8-/m0/s1. The molecule has 6 heteroatoms. The van der Waals surface area contributed by atoms with Gasteiger partial charge >= 0.3 is 5.97 Å². The molecule has 1 amide bonds. The third-order valence-corrected chi connectivity index (χ3v) is 2.22. The van der Waals surface area contributed by atoms with E-state index in [4.69, 9.17) is 15.9 Å². The molecule has 0 bridgehead atoms. The number of nitrogens with one attached hydrogen (secondary N) is 1. The first-order valence-corrected chi connectivity index (χ1v) is 5.43. The number of primary amides is 1. The van der Waals surface area contributed by atoms with Gasteiger partial charge in [0.15, 0.2) is 0 Å². The van der Waals surface area contributed by atoms with Crippen LogP contribution in [0.5, 0.6) is 0 Å². The predicted octanol–water partition coefficient (Wildman–Crippen LogP) is -0.543. The first-order chi connectivity index (χ1) is 7.57. The summed E-state index contributed by atoms with van der Waals surface area (Å²) in [5.74, 6) is -1.46. The number of carbonyl (C=O) groups excluding carboxylic acids is 1. The molecular formula is C10H20N2O4. The number of rotatable bonds is 10. The van der Waals surface area contributed by atoms with Crippen LogP contribution in [0.2, 0.25) is 0 Å². The topological polar surface area (TPSA) is 113 Å². The van der Waals surface area contributed by atoms with Crippen molar-refractivity contribution in [2.75, 3.05) is 13.2 Å². The molecule has 0 rings (SSSR count). The molecule has 0 fully saturated rings. The molecule has 0 saturated heterocycles. The lowest BCUT2D eigenvalue weighted by atomic mass is 10.1. The molecule has 0 aliphatic carbocycles. The van der Waals surface area contributed by atoms with Crippen molar-refractivity contribution in [3.05, 3.63) is 0 Å². The van der Waals surface area contributed by atoms with Gasteiger partial charge in [-0.3, -0.25) is 9.59 Å². The number of unbranched alkanes of at least 4 members (excludes halogenated alkanes) is 2. The first-order valence-electron chi connectivity index (χ1n) is 5.43. The third-order valence-electron chi connectivity index (χ3n) is 2.22. The van der Waals surface area contributed by atoms with Gasteiger partial charge in [-0.05, 0) is 32.2 Å². The fourth-order valence-electron chi connectivity index (χ4n) is 1.30.